The third-order valence-electron chi connectivity index (χ3n) is 1.61. The van der Waals surface area contributed by atoms with Crippen LogP contribution in [0.25, 0.3) is 0 Å². The first-order valence-corrected chi connectivity index (χ1v) is 4.01. The number of aliphatic imine (C=N–C) groups is 1. The van der Waals surface area contributed by atoms with E-state index in [0.717, 1.165) is 0 Å². The van der Waals surface area contributed by atoms with Gasteiger partial charge in [0.2, 0.25) is 5.90 Å². The van der Waals surface area contributed by atoms with Gasteiger partial charge < -0.3 is 4.74 Å². The van der Waals surface area contributed by atoms with Crippen LogP contribution in [0.5, 0.6) is 0 Å². The summed E-state index contributed by atoms with van der Waals surface area (Å²) in [7, 11) is 1.57. The van der Waals surface area contributed by atoms with E-state index in [1.165, 1.54) is 0 Å². The molecule has 1 aromatic heterocycles. The lowest BCUT2D eigenvalue weighted by Crippen LogP contribution is -2.07. The number of hydrogen-bond acceptors (Lipinski definition) is 3. The van der Waals surface area contributed by atoms with Crippen LogP contribution in [0, 0.1) is 0 Å². The lowest BCUT2D eigenvalue weighted by Gasteiger charge is -2.07. The molecular formula is C9H13N3O. The molecule has 13 heavy (non-hydrogen) atoms. The number of methoxy groups -OCH3 is 1. The predicted octanol–water partition coefficient (Wildman–Crippen LogP) is 1.63. The van der Waals surface area contributed by atoms with E-state index < -0.39 is 0 Å². The van der Waals surface area contributed by atoms with Crippen molar-refractivity contribution in [2.45, 2.75) is 13.1 Å². The summed E-state index contributed by atoms with van der Waals surface area (Å²) < 4.78 is 6.70. The van der Waals surface area contributed by atoms with Crippen molar-refractivity contribution in [1.82, 2.24) is 9.78 Å². The fraction of sp³-hybridized carbons (Fsp3) is 0.333. The van der Waals surface area contributed by atoms with E-state index in [1.54, 1.807) is 24.1 Å². The number of rotatable bonds is 3. The molecule has 0 bridgehead atoms. The normalized spacial score (nSPS) is 13.8. The van der Waals surface area contributed by atoms with Crippen molar-refractivity contribution < 1.29 is 4.74 Å². The maximum atomic E-state index is 4.96. The van der Waals surface area contributed by atoms with Gasteiger partial charge in [0.1, 0.15) is 6.17 Å². The van der Waals surface area contributed by atoms with Gasteiger partial charge in [-0.25, -0.2) is 9.67 Å². The van der Waals surface area contributed by atoms with Crippen molar-refractivity contribution in [3.63, 3.8) is 0 Å². The average Bonchev–Trinajstić information content (AvgIpc) is 2.66. The van der Waals surface area contributed by atoms with E-state index in [1.807, 2.05) is 19.2 Å². The van der Waals surface area contributed by atoms with Gasteiger partial charge in [0, 0.05) is 12.4 Å². The predicted molar refractivity (Wildman–Crippen MR) is 51.6 cm³/mol. The summed E-state index contributed by atoms with van der Waals surface area (Å²) in [4.78, 5) is 4.23. The van der Waals surface area contributed by atoms with Gasteiger partial charge >= 0.3 is 0 Å². The van der Waals surface area contributed by atoms with Crippen molar-refractivity contribution >= 4 is 5.90 Å². The van der Waals surface area contributed by atoms with Gasteiger partial charge in [0.25, 0.3) is 0 Å². The van der Waals surface area contributed by atoms with Crippen LogP contribution in [-0.2, 0) is 4.74 Å². The van der Waals surface area contributed by atoms with Crippen LogP contribution >= 0.6 is 0 Å². The summed E-state index contributed by atoms with van der Waals surface area (Å²) in [5, 5.41) is 4.06. The van der Waals surface area contributed by atoms with Crippen LogP contribution in [0.3, 0.4) is 0 Å². The highest BCUT2D eigenvalue weighted by atomic mass is 16.5. The van der Waals surface area contributed by atoms with E-state index in [-0.39, 0.29) is 6.17 Å². The molecule has 0 radical (unpaired) electrons. The summed E-state index contributed by atoms with van der Waals surface area (Å²) in [5.41, 5.74) is 0. The first kappa shape index (κ1) is 9.51. The molecule has 0 saturated heterocycles. The third kappa shape index (κ3) is 2.43. The monoisotopic (exact) mass is 179 g/mol. The van der Waals surface area contributed by atoms with Gasteiger partial charge in [-0.15, -0.1) is 0 Å². The molecule has 1 rings (SSSR count). The zero-order valence-electron chi connectivity index (χ0n) is 7.84. The molecule has 4 nitrogen and oxygen atoms in total. The molecule has 1 unspecified atom stereocenters. The molecule has 0 aromatic carbocycles. The second-order valence-corrected chi connectivity index (χ2v) is 2.49. The Balaban J connectivity index is 2.74. The summed E-state index contributed by atoms with van der Waals surface area (Å²) in [6, 6.07) is 1.85. The quantitative estimate of drug-likeness (QED) is 0.522. The van der Waals surface area contributed by atoms with E-state index in [4.69, 9.17) is 4.74 Å². The fourth-order valence-corrected chi connectivity index (χ4v) is 0.934. The Morgan fingerprint density at radius 2 is 2.54 bits per heavy atom. The molecule has 0 N–H and O–H groups in total. The minimum atomic E-state index is -0.0667. The molecule has 0 fully saturated rings. The molecule has 0 saturated carbocycles. The fourth-order valence-electron chi connectivity index (χ4n) is 0.934. The summed E-state index contributed by atoms with van der Waals surface area (Å²) in [6.45, 7) is 5.51. The van der Waals surface area contributed by atoms with Crippen LogP contribution in [0.4, 0.5) is 0 Å². The van der Waals surface area contributed by atoms with Crippen LogP contribution in [0.2, 0.25) is 0 Å². The number of aromatic nitrogens is 2. The second kappa shape index (κ2) is 4.45. The van der Waals surface area contributed by atoms with E-state index >= 15 is 0 Å². The van der Waals surface area contributed by atoms with Crippen LogP contribution in [0.15, 0.2) is 36.1 Å². The summed E-state index contributed by atoms with van der Waals surface area (Å²) in [6.07, 6.45) is 5.07. The lowest BCUT2D eigenvalue weighted by atomic mass is 10.5. The average molecular weight is 179 g/mol. The van der Waals surface area contributed by atoms with Gasteiger partial charge in [0.15, 0.2) is 0 Å². The molecule has 4 heteroatoms. The summed E-state index contributed by atoms with van der Waals surface area (Å²) >= 11 is 0. The Labute approximate surface area is 77.5 Å². The van der Waals surface area contributed by atoms with Gasteiger partial charge in [0.05, 0.1) is 7.11 Å². The topological polar surface area (TPSA) is 39.4 Å². The first-order chi connectivity index (χ1) is 6.27. The lowest BCUT2D eigenvalue weighted by molar-refractivity contribution is 0.392. The zero-order chi connectivity index (χ0) is 9.68. The van der Waals surface area contributed by atoms with Crippen molar-refractivity contribution in [3.8, 4) is 0 Å². The highest BCUT2D eigenvalue weighted by molar-refractivity contribution is 5.86. The number of nitrogens with zero attached hydrogens (tertiary/aromatic N) is 3. The molecule has 0 aliphatic heterocycles. The van der Waals surface area contributed by atoms with Gasteiger partial charge in [-0.2, -0.15) is 5.10 Å². The Morgan fingerprint density at radius 3 is 3.00 bits per heavy atom. The van der Waals surface area contributed by atoms with Crippen LogP contribution < -0.4 is 0 Å². The van der Waals surface area contributed by atoms with Crippen molar-refractivity contribution in [2.24, 2.45) is 4.99 Å². The molecule has 1 atom stereocenters. The largest absolute Gasteiger partial charge is 0.481 e. The van der Waals surface area contributed by atoms with Crippen LogP contribution in [0.1, 0.15) is 13.1 Å². The van der Waals surface area contributed by atoms with Crippen molar-refractivity contribution in [3.05, 3.63) is 31.1 Å². The SMILES string of the molecule is C=CC(=NC(C)n1cccn1)OC. The Hall–Kier alpha value is -1.58. The zero-order valence-corrected chi connectivity index (χ0v) is 7.84. The maximum Gasteiger partial charge on any atom is 0.209 e. The molecule has 1 heterocycles. The molecule has 0 aliphatic carbocycles. The molecular weight excluding hydrogens is 166 g/mol. The van der Waals surface area contributed by atoms with E-state index in [9.17, 15) is 0 Å². The first-order valence-electron chi connectivity index (χ1n) is 4.01. The van der Waals surface area contributed by atoms with Crippen molar-refractivity contribution in [1.29, 1.82) is 0 Å². The van der Waals surface area contributed by atoms with Crippen molar-refractivity contribution in [2.75, 3.05) is 7.11 Å². The standard InChI is InChI=1S/C9H13N3O/c1-4-9(13-3)11-8(2)12-7-5-6-10-12/h4-8H,1H2,2-3H3. The molecule has 70 valence electrons. The minimum absolute atomic E-state index is 0.0667. The smallest absolute Gasteiger partial charge is 0.209 e. The highest BCUT2D eigenvalue weighted by Crippen LogP contribution is 2.05. The Bertz CT molecular complexity index is 290. The van der Waals surface area contributed by atoms with Crippen LogP contribution in [-0.4, -0.2) is 22.8 Å². The Kier molecular flexibility index (Phi) is 3.25. The Morgan fingerprint density at radius 1 is 1.77 bits per heavy atom. The molecule has 0 aliphatic rings. The van der Waals surface area contributed by atoms with E-state index in [2.05, 4.69) is 16.7 Å². The number of ether oxygens (including phenoxy) is 1. The van der Waals surface area contributed by atoms with Gasteiger partial charge in [-0.3, -0.25) is 0 Å². The van der Waals surface area contributed by atoms with E-state index in [0.29, 0.717) is 5.90 Å². The highest BCUT2D eigenvalue weighted by Gasteiger charge is 2.02. The third-order valence-corrected chi connectivity index (χ3v) is 1.61. The number of hydrogen-bond donors (Lipinski definition) is 0. The molecule has 1 aromatic rings. The summed E-state index contributed by atoms with van der Waals surface area (Å²) in [5.74, 6) is 0.517. The second-order valence-electron chi connectivity index (χ2n) is 2.49. The molecule has 0 amide bonds. The molecule has 0 spiro atoms. The van der Waals surface area contributed by atoms with Gasteiger partial charge in [-0.1, -0.05) is 6.58 Å². The maximum absolute atomic E-state index is 4.96. The van der Waals surface area contributed by atoms with Gasteiger partial charge in [-0.05, 0) is 19.1 Å². The minimum Gasteiger partial charge on any atom is -0.481 e.